The van der Waals surface area contributed by atoms with E-state index in [-0.39, 0.29) is 22.4 Å². The van der Waals surface area contributed by atoms with Crippen LogP contribution in [0.2, 0.25) is 4.34 Å². The summed E-state index contributed by atoms with van der Waals surface area (Å²) in [5, 5.41) is 2.87. The molecule has 33 heavy (non-hydrogen) atoms. The molecule has 2 aromatic carbocycles. The fourth-order valence-corrected chi connectivity index (χ4v) is 7.03. The number of rotatable bonds is 6. The Bertz CT molecular complexity index is 1290. The Labute approximate surface area is 202 Å². The van der Waals surface area contributed by atoms with Gasteiger partial charge in [-0.15, -0.1) is 11.3 Å². The number of anilines is 1. The molecule has 0 aliphatic carbocycles. The van der Waals surface area contributed by atoms with E-state index < -0.39 is 15.9 Å². The zero-order chi connectivity index (χ0) is 23.6. The minimum atomic E-state index is -3.71. The molecule has 172 valence electrons. The van der Waals surface area contributed by atoms with Crippen LogP contribution in [0.15, 0.2) is 64.9 Å². The van der Waals surface area contributed by atoms with Crippen molar-refractivity contribution < 1.29 is 18.0 Å². The standard InChI is InChI=1S/C24H23ClN2O4S2/c1-16-9-10-20(19(14-16)23(28)17-6-3-2-4-7-17)26-24(29)18-8-5-13-27(15-18)33(30,31)22-12-11-21(25)32-22/h2-4,6-7,9-12,14,18H,5,8,13,15H2,1H3,(H,26,29). The van der Waals surface area contributed by atoms with Gasteiger partial charge in [0, 0.05) is 24.2 Å². The number of piperidine rings is 1. The second kappa shape index (κ2) is 9.77. The van der Waals surface area contributed by atoms with Crippen molar-refractivity contribution in [2.45, 2.75) is 24.0 Å². The molecule has 4 rings (SSSR count). The molecule has 0 bridgehead atoms. The minimum absolute atomic E-state index is 0.0809. The van der Waals surface area contributed by atoms with Gasteiger partial charge < -0.3 is 5.32 Å². The minimum Gasteiger partial charge on any atom is -0.325 e. The van der Waals surface area contributed by atoms with Crippen LogP contribution in [0.25, 0.3) is 0 Å². The van der Waals surface area contributed by atoms with Gasteiger partial charge in [-0.25, -0.2) is 8.42 Å². The number of benzene rings is 2. The van der Waals surface area contributed by atoms with Crippen LogP contribution in [-0.2, 0) is 14.8 Å². The molecular formula is C24H23ClN2O4S2. The summed E-state index contributed by atoms with van der Waals surface area (Å²) in [6.45, 7) is 2.31. The molecule has 0 saturated carbocycles. The van der Waals surface area contributed by atoms with Gasteiger partial charge in [0.15, 0.2) is 5.78 Å². The smallest absolute Gasteiger partial charge is 0.252 e. The molecule has 1 aliphatic heterocycles. The Morgan fingerprint density at radius 1 is 1.09 bits per heavy atom. The van der Waals surface area contributed by atoms with E-state index in [0.717, 1.165) is 16.9 Å². The maximum absolute atomic E-state index is 13.1. The maximum Gasteiger partial charge on any atom is 0.252 e. The van der Waals surface area contributed by atoms with Crippen LogP contribution in [0.4, 0.5) is 5.69 Å². The van der Waals surface area contributed by atoms with Crippen molar-refractivity contribution in [3.63, 3.8) is 0 Å². The van der Waals surface area contributed by atoms with Gasteiger partial charge in [0.05, 0.1) is 15.9 Å². The summed E-state index contributed by atoms with van der Waals surface area (Å²) >= 11 is 6.92. The number of halogens is 1. The second-order valence-corrected chi connectivity index (χ2v) is 11.9. The Hall–Kier alpha value is -2.52. The molecule has 1 aromatic heterocycles. The SMILES string of the molecule is Cc1ccc(NC(=O)C2CCCN(S(=O)(=O)c3ccc(Cl)s3)C2)c(C(=O)c2ccccc2)c1. The zero-order valence-corrected chi connectivity index (χ0v) is 20.3. The van der Waals surface area contributed by atoms with Gasteiger partial charge >= 0.3 is 0 Å². The summed E-state index contributed by atoms with van der Waals surface area (Å²) in [4.78, 5) is 26.2. The molecule has 1 atom stereocenters. The van der Waals surface area contributed by atoms with Crippen molar-refractivity contribution in [1.29, 1.82) is 0 Å². The first-order chi connectivity index (χ1) is 15.8. The number of nitrogens with one attached hydrogen (secondary N) is 1. The van der Waals surface area contributed by atoms with E-state index >= 15 is 0 Å². The van der Waals surface area contributed by atoms with Crippen molar-refractivity contribution in [2.75, 3.05) is 18.4 Å². The largest absolute Gasteiger partial charge is 0.325 e. The van der Waals surface area contributed by atoms with Gasteiger partial charge in [0.2, 0.25) is 5.91 Å². The van der Waals surface area contributed by atoms with Crippen LogP contribution in [0, 0.1) is 12.8 Å². The number of ketones is 1. The molecular weight excluding hydrogens is 480 g/mol. The van der Waals surface area contributed by atoms with Crippen LogP contribution in [0.5, 0.6) is 0 Å². The summed E-state index contributed by atoms with van der Waals surface area (Å²) in [5.41, 5.74) is 2.26. The van der Waals surface area contributed by atoms with E-state index in [1.165, 1.54) is 10.4 Å². The molecule has 1 unspecified atom stereocenters. The predicted octanol–water partition coefficient (Wildman–Crippen LogP) is 4.98. The highest BCUT2D eigenvalue weighted by Gasteiger charge is 2.34. The molecule has 9 heteroatoms. The van der Waals surface area contributed by atoms with E-state index in [4.69, 9.17) is 11.6 Å². The van der Waals surface area contributed by atoms with Crippen molar-refractivity contribution >= 4 is 50.3 Å². The first kappa shape index (κ1) is 23.6. The fraction of sp³-hybridized carbons (Fsp3) is 0.250. The van der Waals surface area contributed by atoms with Crippen molar-refractivity contribution in [3.05, 3.63) is 81.7 Å². The third-order valence-electron chi connectivity index (χ3n) is 5.61. The summed E-state index contributed by atoms with van der Waals surface area (Å²) in [6, 6.07) is 17.2. The van der Waals surface area contributed by atoms with E-state index in [9.17, 15) is 18.0 Å². The fourth-order valence-electron chi connectivity index (χ4n) is 3.87. The monoisotopic (exact) mass is 502 g/mol. The lowest BCUT2D eigenvalue weighted by Crippen LogP contribution is -2.43. The highest BCUT2D eigenvalue weighted by molar-refractivity contribution is 7.91. The number of amides is 1. The summed E-state index contributed by atoms with van der Waals surface area (Å²) in [7, 11) is -3.71. The normalized spacial score (nSPS) is 17.0. The number of aryl methyl sites for hydroxylation is 1. The number of carbonyl (C=O) groups excluding carboxylic acids is 2. The lowest BCUT2D eigenvalue weighted by molar-refractivity contribution is -0.120. The molecule has 1 fully saturated rings. The lowest BCUT2D eigenvalue weighted by atomic mass is 9.97. The first-order valence-electron chi connectivity index (χ1n) is 10.5. The Morgan fingerprint density at radius 2 is 1.85 bits per heavy atom. The third-order valence-corrected chi connectivity index (χ3v) is 9.17. The first-order valence-corrected chi connectivity index (χ1v) is 13.2. The number of thiophene rings is 1. The van der Waals surface area contributed by atoms with Crippen LogP contribution in [0.3, 0.4) is 0 Å². The van der Waals surface area contributed by atoms with E-state index in [1.807, 2.05) is 19.1 Å². The average Bonchev–Trinajstić information content (AvgIpc) is 3.27. The Morgan fingerprint density at radius 3 is 2.55 bits per heavy atom. The highest BCUT2D eigenvalue weighted by atomic mass is 35.5. The van der Waals surface area contributed by atoms with Crippen LogP contribution < -0.4 is 5.32 Å². The van der Waals surface area contributed by atoms with Crippen LogP contribution in [-0.4, -0.2) is 37.5 Å². The van der Waals surface area contributed by atoms with Crippen molar-refractivity contribution in [1.82, 2.24) is 4.31 Å². The topological polar surface area (TPSA) is 83.6 Å². The molecule has 0 radical (unpaired) electrons. The van der Waals surface area contributed by atoms with E-state index in [1.54, 1.807) is 42.5 Å². The summed E-state index contributed by atoms with van der Waals surface area (Å²) in [6.07, 6.45) is 1.14. The lowest BCUT2D eigenvalue weighted by Gasteiger charge is -2.31. The number of sulfonamides is 1. The van der Waals surface area contributed by atoms with Crippen molar-refractivity contribution in [2.24, 2.45) is 5.92 Å². The van der Waals surface area contributed by atoms with Gasteiger partial charge in [-0.1, -0.05) is 53.6 Å². The number of hydrogen-bond donors (Lipinski definition) is 1. The molecule has 3 aromatic rings. The van der Waals surface area contributed by atoms with Crippen molar-refractivity contribution in [3.8, 4) is 0 Å². The third kappa shape index (κ3) is 5.19. The zero-order valence-electron chi connectivity index (χ0n) is 18.0. The predicted molar refractivity (Wildman–Crippen MR) is 130 cm³/mol. The highest BCUT2D eigenvalue weighted by Crippen LogP contribution is 2.31. The molecule has 0 spiro atoms. The molecule has 1 amide bonds. The summed E-state index contributed by atoms with van der Waals surface area (Å²) in [5.74, 6) is -1.01. The molecule has 2 heterocycles. The second-order valence-electron chi connectivity index (χ2n) is 7.99. The van der Waals surface area contributed by atoms with Crippen LogP contribution in [0.1, 0.15) is 34.3 Å². The van der Waals surface area contributed by atoms with Crippen LogP contribution >= 0.6 is 22.9 Å². The number of nitrogens with zero attached hydrogens (tertiary/aromatic N) is 1. The number of hydrogen-bond acceptors (Lipinski definition) is 5. The molecule has 1 N–H and O–H groups in total. The maximum atomic E-state index is 13.1. The van der Waals surface area contributed by atoms with Gasteiger partial charge in [0.25, 0.3) is 10.0 Å². The van der Waals surface area contributed by atoms with Gasteiger partial charge in [-0.2, -0.15) is 4.31 Å². The quantitative estimate of drug-likeness (QED) is 0.482. The summed E-state index contributed by atoms with van der Waals surface area (Å²) < 4.78 is 27.8. The Kier molecular flexibility index (Phi) is 6.99. The van der Waals surface area contributed by atoms with E-state index in [2.05, 4.69) is 5.32 Å². The molecule has 1 aliphatic rings. The average molecular weight is 503 g/mol. The van der Waals surface area contributed by atoms with Gasteiger partial charge in [0.1, 0.15) is 4.21 Å². The Balaban J connectivity index is 1.53. The number of carbonyl (C=O) groups is 2. The molecule has 6 nitrogen and oxygen atoms in total. The van der Waals surface area contributed by atoms with Gasteiger partial charge in [-0.3, -0.25) is 9.59 Å². The molecule has 1 saturated heterocycles. The van der Waals surface area contributed by atoms with E-state index in [0.29, 0.717) is 40.5 Å². The van der Waals surface area contributed by atoms with Gasteiger partial charge in [-0.05, 0) is 44.0 Å².